The van der Waals surface area contributed by atoms with Gasteiger partial charge >= 0.3 is 5.97 Å². The summed E-state index contributed by atoms with van der Waals surface area (Å²) >= 11 is 0. The van der Waals surface area contributed by atoms with Crippen LogP contribution < -0.4 is 5.43 Å². The molecular formula is C21H20N4O5. The zero-order valence-electron chi connectivity index (χ0n) is 16.3. The predicted molar refractivity (Wildman–Crippen MR) is 106 cm³/mol. The van der Waals surface area contributed by atoms with Crippen molar-refractivity contribution in [3.8, 4) is 0 Å². The number of nitrogens with one attached hydrogen (secondary N) is 1. The zero-order chi connectivity index (χ0) is 21.1. The summed E-state index contributed by atoms with van der Waals surface area (Å²) in [6.45, 7) is 1.51. The third-order valence-corrected chi connectivity index (χ3v) is 4.89. The van der Waals surface area contributed by atoms with Gasteiger partial charge < -0.3 is 9.15 Å². The Morgan fingerprint density at radius 3 is 2.70 bits per heavy atom. The molecule has 0 bridgehead atoms. The third-order valence-electron chi connectivity index (χ3n) is 4.89. The van der Waals surface area contributed by atoms with E-state index in [-0.39, 0.29) is 24.5 Å². The van der Waals surface area contributed by atoms with Crippen LogP contribution in [0.5, 0.6) is 0 Å². The van der Waals surface area contributed by atoms with Crippen LogP contribution in [0, 0.1) is 6.92 Å². The van der Waals surface area contributed by atoms with E-state index in [2.05, 4.69) is 15.6 Å². The van der Waals surface area contributed by atoms with Crippen LogP contribution >= 0.6 is 0 Å². The molecule has 1 aromatic carbocycles. The molecule has 4 rings (SSSR count). The minimum atomic E-state index is -0.736. The second-order valence-electron chi connectivity index (χ2n) is 7.06. The van der Waals surface area contributed by atoms with E-state index in [1.165, 1.54) is 11.3 Å². The quantitative estimate of drug-likeness (QED) is 0.761. The zero-order valence-corrected chi connectivity index (χ0v) is 16.3. The maximum Gasteiger partial charge on any atom is 0.355 e. The Morgan fingerprint density at radius 1 is 1.23 bits per heavy atom. The van der Waals surface area contributed by atoms with Crippen molar-refractivity contribution in [2.45, 2.75) is 32.2 Å². The molecule has 2 aromatic rings. The standard InChI is InChI=1S/C21H20N4O5/c1-13-4-6-14(7-5-13)16-11-17(18-3-2-10-29-18)25(24-16)20(27)12-30-21(28)15-8-9-19(26)23-22-15/h2-7,10,17H,8-9,11-12H2,1H3,(H,23,26)/t17-/m0/s1. The molecule has 2 aliphatic rings. The minimum Gasteiger partial charge on any atom is -0.467 e. The Morgan fingerprint density at radius 2 is 2.03 bits per heavy atom. The van der Waals surface area contributed by atoms with E-state index in [0.717, 1.165) is 16.8 Å². The number of ether oxygens (including phenoxy) is 1. The highest BCUT2D eigenvalue weighted by Gasteiger charge is 2.35. The molecule has 9 heteroatoms. The van der Waals surface area contributed by atoms with Crippen molar-refractivity contribution >= 4 is 29.2 Å². The number of amides is 2. The highest BCUT2D eigenvalue weighted by Crippen LogP contribution is 2.33. The Labute approximate surface area is 172 Å². The number of carbonyl (C=O) groups is 3. The summed E-state index contributed by atoms with van der Waals surface area (Å²) in [5.41, 5.74) is 5.09. The molecule has 154 valence electrons. The first-order valence-electron chi connectivity index (χ1n) is 9.54. The number of esters is 1. The van der Waals surface area contributed by atoms with Crippen LogP contribution in [0.15, 0.2) is 57.3 Å². The fraction of sp³-hybridized carbons (Fsp3) is 0.286. The van der Waals surface area contributed by atoms with Crippen LogP contribution in [0.3, 0.4) is 0 Å². The van der Waals surface area contributed by atoms with E-state index >= 15 is 0 Å². The molecule has 0 saturated carbocycles. The van der Waals surface area contributed by atoms with Crippen LogP contribution in [-0.2, 0) is 19.1 Å². The van der Waals surface area contributed by atoms with E-state index in [4.69, 9.17) is 9.15 Å². The van der Waals surface area contributed by atoms with Crippen molar-refractivity contribution in [3.63, 3.8) is 0 Å². The number of hydrazone groups is 2. The Kier molecular flexibility index (Phi) is 5.42. The Hall–Kier alpha value is -3.75. The molecule has 0 spiro atoms. The number of nitrogens with zero attached hydrogens (tertiary/aromatic N) is 3. The number of aryl methyl sites for hydroxylation is 1. The lowest BCUT2D eigenvalue weighted by Gasteiger charge is -2.20. The molecule has 1 atom stereocenters. The molecule has 1 aromatic heterocycles. The van der Waals surface area contributed by atoms with E-state index in [1.54, 1.807) is 12.1 Å². The average molecular weight is 408 g/mol. The first-order valence-corrected chi connectivity index (χ1v) is 9.54. The number of hydrogen-bond acceptors (Lipinski definition) is 7. The fourth-order valence-electron chi connectivity index (χ4n) is 3.26. The minimum absolute atomic E-state index is 0.0789. The summed E-state index contributed by atoms with van der Waals surface area (Å²) in [5, 5.41) is 9.46. The van der Waals surface area contributed by atoms with Crippen molar-refractivity contribution in [1.82, 2.24) is 10.4 Å². The fourth-order valence-corrected chi connectivity index (χ4v) is 3.26. The molecule has 2 aliphatic heterocycles. The molecule has 3 heterocycles. The van der Waals surface area contributed by atoms with E-state index < -0.39 is 24.5 Å². The van der Waals surface area contributed by atoms with Crippen LogP contribution in [0.25, 0.3) is 0 Å². The third kappa shape index (κ3) is 4.14. The van der Waals surface area contributed by atoms with Gasteiger partial charge in [-0.05, 0) is 24.6 Å². The maximum absolute atomic E-state index is 12.8. The number of furan rings is 1. The Balaban J connectivity index is 1.48. The first kappa shape index (κ1) is 19.6. The van der Waals surface area contributed by atoms with Gasteiger partial charge in [-0.1, -0.05) is 29.8 Å². The topological polar surface area (TPSA) is 114 Å². The lowest BCUT2D eigenvalue weighted by atomic mass is 10.0. The van der Waals surface area contributed by atoms with E-state index in [1.807, 2.05) is 31.2 Å². The number of rotatable bonds is 5. The second kappa shape index (κ2) is 8.32. The summed E-state index contributed by atoms with van der Waals surface area (Å²) < 4.78 is 10.6. The van der Waals surface area contributed by atoms with E-state index in [9.17, 15) is 14.4 Å². The molecule has 0 fully saturated rings. The summed E-state index contributed by atoms with van der Waals surface area (Å²) in [7, 11) is 0. The number of hydrogen-bond donors (Lipinski definition) is 1. The van der Waals surface area contributed by atoms with Crippen molar-refractivity contribution < 1.29 is 23.5 Å². The number of benzene rings is 1. The first-order chi connectivity index (χ1) is 14.5. The monoisotopic (exact) mass is 408 g/mol. The molecular weight excluding hydrogens is 388 g/mol. The van der Waals surface area contributed by atoms with Crippen LogP contribution in [-0.4, -0.2) is 40.8 Å². The van der Waals surface area contributed by atoms with Gasteiger partial charge in [0.05, 0.1) is 12.0 Å². The van der Waals surface area contributed by atoms with Crippen LogP contribution in [0.4, 0.5) is 0 Å². The molecule has 0 unspecified atom stereocenters. The predicted octanol–water partition coefficient (Wildman–Crippen LogP) is 2.07. The van der Waals surface area contributed by atoms with Gasteiger partial charge in [0.25, 0.3) is 5.91 Å². The van der Waals surface area contributed by atoms with Gasteiger partial charge in [0.2, 0.25) is 5.91 Å². The largest absolute Gasteiger partial charge is 0.467 e. The average Bonchev–Trinajstić information content (AvgIpc) is 3.43. The lowest BCUT2D eigenvalue weighted by molar-refractivity contribution is -0.148. The molecule has 9 nitrogen and oxygen atoms in total. The van der Waals surface area contributed by atoms with Crippen molar-refractivity contribution in [1.29, 1.82) is 0 Å². The van der Waals surface area contributed by atoms with Crippen LogP contribution in [0.1, 0.15) is 42.2 Å². The van der Waals surface area contributed by atoms with Crippen LogP contribution in [0.2, 0.25) is 0 Å². The highest BCUT2D eigenvalue weighted by molar-refractivity contribution is 6.37. The maximum atomic E-state index is 12.8. The van der Waals surface area contributed by atoms with Crippen molar-refractivity contribution in [3.05, 3.63) is 59.5 Å². The van der Waals surface area contributed by atoms with Gasteiger partial charge in [-0.3, -0.25) is 9.59 Å². The van der Waals surface area contributed by atoms with Gasteiger partial charge in [-0.15, -0.1) is 0 Å². The number of carbonyl (C=O) groups excluding carboxylic acids is 3. The molecule has 0 saturated heterocycles. The summed E-state index contributed by atoms with van der Waals surface area (Å²) in [5.74, 6) is -0.883. The van der Waals surface area contributed by atoms with Crippen molar-refractivity contribution in [2.75, 3.05) is 6.61 Å². The molecule has 1 N–H and O–H groups in total. The SMILES string of the molecule is Cc1ccc(C2=NN(C(=O)COC(=O)C3=NNC(=O)CC3)[C@H](c3ccco3)C2)cc1. The molecule has 0 radical (unpaired) electrons. The smallest absolute Gasteiger partial charge is 0.355 e. The van der Waals surface area contributed by atoms with Gasteiger partial charge in [-0.25, -0.2) is 15.2 Å². The van der Waals surface area contributed by atoms with Gasteiger partial charge in [0, 0.05) is 19.3 Å². The molecule has 0 aliphatic carbocycles. The van der Waals surface area contributed by atoms with Gasteiger partial charge in [-0.2, -0.15) is 10.2 Å². The summed E-state index contributed by atoms with van der Waals surface area (Å²) in [6, 6.07) is 11.0. The summed E-state index contributed by atoms with van der Waals surface area (Å²) in [4.78, 5) is 36.1. The van der Waals surface area contributed by atoms with Gasteiger partial charge in [0.1, 0.15) is 17.5 Å². The summed E-state index contributed by atoms with van der Waals surface area (Å²) in [6.07, 6.45) is 2.35. The normalized spacial score (nSPS) is 18.5. The van der Waals surface area contributed by atoms with Gasteiger partial charge in [0.15, 0.2) is 6.61 Å². The van der Waals surface area contributed by atoms with E-state index in [0.29, 0.717) is 12.2 Å². The lowest BCUT2D eigenvalue weighted by Crippen LogP contribution is -2.34. The highest BCUT2D eigenvalue weighted by atomic mass is 16.5. The van der Waals surface area contributed by atoms with Crippen molar-refractivity contribution in [2.24, 2.45) is 10.2 Å². The molecule has 30 heavy (non-hydrogen) atoms. The molecule has 2 amide bonds. The second-order valence-corrected chi connectivity index (χ2v) is 7.06. The Bertz CT molecular complexity index is 1020.